The zero-order chi connectivity index (χ0) is 14.8. The van der Waals surface area contributed by atoms with Crippen LogP contribution in [0.1, 0.15) is 0 Å². The lowest BCUT2D eigenvalue weighted by molar-refractivity contribution is -0.113. The molecule has 0 fully saturated rings. The summed E-state index contributed by atoms with van der Waals surface area (Å²) in [6, 6.07) is 6.29. The fraction of sp³-hybridized carbons (Fsp3) is 0. The van der Waals surface area contributed by atoms with Crippen molar-refractivity contribution in [2.24, 2.45) is 5.73 Å². The van der Waals surface area contributed by atoms with Crippen molar-refractivity contribution in [1.82, 2.24) is 0 Å². The zero-order valence-electron chi connectivity index (χ0n) is 10.2. The Morgan fingerprint density at radius 3 is 2.26 bits per heavy atom. The average Bonchev–Trinajstić information content (AvgIpc) is 2.39. The number of anilines is 1. The van der Waals surface area contributed by atoms with E-state index in [1.165, 1.54) is 6.07 Å². The van der Waals surface area contributed by atoms with E-state index in [4.69, 9.17) is 10.0 Å². The first-order valence-electron chi connectivity index (χ1n) is 5.22. The number of hydrogen-bond donors (Lipinski definition) is 4. The highest BCUT2D eigenvalue weighted by Gasteiger charge is 2.10. The SMILES string of the molecule is C=CC(=O)Nc1cccc(B(O)O)c1.C=CC(N)=O. The van der Waals surface area contributed by atoms with Crippen LogP contribution in [-0.4, -0.2) is 29.0 Å². The Balaban J connectivity index is 0.000000555. The maximum absolute atomic E-state index is 10.9. The first kappa shape index (κ1) is 16.6. The van der Waals surface area contributed by atoms with E-state index in [-0.39, 0.29) is 5.91 Å². The van der Waals surface area contributed by atoms with Crippen LogP contribution < -0.4 is 16.5 Å². The number of carbonyl (C=O) groups excluding carboxylic acids is 2. The number of hydrogen-bond acceptors (Lipinski definition) is 4. The van der Waals surface area contributed by atoms with E-state index in [0.29, 0.717) is 11.2 Å². The third-order valence-electron chi connectivity index (χ3n) is 1.84. The van der Waals surface area contributed by atoms with Gasteiger partial charge in [0.1, 0.15) is 0 Å². The summed E-state index contributed by atoms with van der Waals surface area (Å²) in [6.07, 6.45) is 2.20. The fourth-order valence-electron chi connectivity index (χ4n) is 0.970. The summed E-state index contributed by atoms with van der Waals surface area (Å²) in [5, 5.41) is 20.2. The quantitative estimate of drug-likeness (QED) is 0.418. The van der Waals surface area contributed by atoms with E-state index in [2.05, 4.69) is 24.2 Å². The molecule has 0 bridgehead atoms. The van der Waals surface area contributed by atoms with Gasteiger partial charge in [0.2, 0.25) is 11.8 Å². The van der Waals surface area contributed by atoms with Crippen LogP contribution in [0.25, 0.3) is 0 Å². The van der Waals surface area contributed by atoms with Gasteiger partial charge in [-0.05, 0) is 29.7 Å². The molecule has 1 rings (SSSR count). The second kappa shape index (κ2) is 8.68. The highest BCUT2D eigenvalue weighted by atomic mass is 16.4. The lowest BCUT2D eigenvalue weighted by atomic mass is 9.80. The minimum atomic E-state index is -1.53. The summed E-state index contributed by atoms with van der Waals surface area (Å²) >= 11 is 0. The minimum Gasteiger partial charge on any atom is -0.423 e. The number of benzene rings is 1. The summed E-state index contributed by atoms with van der Waals surface area (Å²) in [5.74, 6) is -0.820. The van der Waals surface area contributed by atoms with Crippen LogP contribution in [0.15, 0.2) is 49.6 Å². The van der Waals surface area contributed by atoms with Crippen molar-refractivity contribution in [3.63, 3.8) is 0 Å². The maximum Gasteiger partial charge on any atom is 0.488 e. The summed E-state index contributed by atoms with van der Waals surface area (Å²) in [6.45, 7) is 6.39. The van der Waals surface area contributed by atoms with Crippen LogP contribution in [0.4, 0.5) is 5.69 Å². The number of rotatable bonds is 4. The van der Waals surface area contributed by atoms with Crippen LogP contribution in [-0.2, 0) is 9.59 Å². The molecule has 19 heavy (non-hydrogen) atoms. The van der Waals surface area contributed by atoms with Gasteiger partial charge in [-0.2, -0.15) is 0 Å². The van der Waals surface area contributed by atoms with Crippen LogP contribution in [0.5, 0.6) is 0 Å². The van der Waals surface area contributed by atoms with Gasteiger partial charge in [0.05, 0.1) is 0 Å². The molecule has 7 heteroatoms. The Morgan fingerprint density at radius 1 is 1.26 bits per heavy atom. The molecule has 0 saturated heterocycles. The van der Waals surface area contributed by atoms with E-state index in [0.717, 1.165) is 12.2 Å². The van der Waals surface area contributed by atoms with E-state index in [1.54, 1.807) is 18.2 Å². The lowest BCUT2D eigenvalue weighted by Crippen LogP contribution is -2.29. The average molecular weight is 262 g/mol. The molecule has 0 saturated carbocycles. The second-order valence-electron chi connectivity index (χ2n) is 3.30. The Kier molecular flexibility index (Phi) is 7.59. The van der Waals surface area contributed by atoms with Gasteiger partial charge in [0.25, 0.3) is 0 Å². The predicted molar refractivity (Wildman–Crippen MR) is 74.5 cm³/mol. The first-order chi connectivity index (χ1) is 8.90. The van der Waals surface area contributed by atoms with Crippen molar-refractivity contribution in [3.05, 3.63) is 49.6 Å². The second-order valence-corrected chi connectivity index (χ2v) is 3.30. The van der Waals surface area contributed by atoms with Gasteiger partial charge in [0.15, 0.2) is 0 Å². The van der Waals surface area contributed by atoms with Crippen molar-refractivity contribution < 1.29 is 19.6 Å². The normalized spacial score (nSPS) is 8.53. The Labute approximate surface area is 111 Å². The smallest absolute Gasteiger partial charge is 0.423 e. The molecule has 0 aliphatic rings. The monoisotopic (exact) mass is 262 g/mol. The molecule has 0 aromatic heterocycles. The van der Waals surface area contributed by atoms with Crippen LogP contribution in [0, 0.1) is 0 Å². The molecular formula is C12H15BN2O4. The van der Waals surface area contributed by atoms with Gasteiger partial charge < -0.3 is 21.1 Å². The van der Waals surface area contributed by atoms with Gasteiger partial charge in [-0.3, -0.25) is 9.59 Å². The Bertz CT molecular complexity index is 475. The third-order valence-corrected chi connectivity index (χ3v) is 1.84. The van der Waals surface area contributed by atoms with E-state index in [1.807, 2.05) is 0 Å². The molecule has 1 aromatic rings. The maximum atomic E-state index is 10.9. The molecule has 5 N–H and O–H groups in total. The van der Waals surface area contributed by atoms with Gasteiger partial charge in [-0.15, -0.1) is 0 Å². The molecule has 2 amide bonds. The number of primary amides is 1. The molecule has 0 heterocycles. The lowest BCUT2D eigenvalue weighted by Gasteiger charge is -2.04. The molecule has 0 radical (unpaired) electrons. The highest BCUT2D eigenvalue weighted by molar-refractivity contribution is 6.58. The van der Waals surface area contributed by atoms with Crippen LogP contribution >= 0.6 is 0 Å². The molecule has 100 valence electrons. The summed E-state index contributed by atoms with van der Waals surface area (Å²) in [5.41, 5.74) is 5.36. The van der Waals surface area contributed by atoms with E-state index < -0.39 is 13.0 Å². The molecule has 0 aliphatic carbocycles. The van der Waals surface area contributed by atoms with Crippen molar-refractivity contribution in [3.8, 4) is 0 Å². The van der Waals surface area contributed by atoms with Crippen LogP contribution in [0.2, 0.25) is 0 Å². The van der Waals surface area contributed by atoms with E-state index in [9.17, 15) is 9.59 Å². The third kappa shape index (κ3) is 7.53. The first-order valence-corrected chi connectivity index (χ1v) is 5.22. The van der Waals surface area contributed by atoms with Gasteiger partial charge in [-0.25, -0.2) is 0 Å². The zero-order valence-corrected chi connectivity index (χ0v) is 10.2. The molecule has 0 atom stereocenters. The molecule has 6 nitrogen and oxygen atoms in total. The highest BCUT2D eigenvalue weighted by Crippen LogP contribution is 2.03. The van der Waals surface area contributed by atoms with Crippen molar-refractivity contribution in [1.29, 1.82) is 0 Å². The number of nitrogens with two attached hydrogens (primary N) is 1. The van der Waals surface area contributed by atoms with E-state index >= 15 is 0 Å². The Hall–Kier alpha value is -2.38. The van der Waals surface area contributed by atoms with Crippen LogP contribution in [0.3, 0.4) is 0 Å². The summed E-state index contributed by atoms with van der Waals surface area (Å²) in [4.78, 5) is 20.4. The topological polar surface area (TPSA) is 113 Å². The van der Waals surface area contributed by atoms with Gasteiger partial charge >= 0.3 is 7.12 Å². The Morgan fingerprint density at radius 2 is 1.84 bits per heavy atom. The number of nitrogens with one attached hydrogen (secondary N) is 1. The molecule has 1 aromatic carbocycles. The minimum absolute atomic E-state index is 0.326. The largest absolute Gasteiger partial charge is 0.488 e. The molecule has 0 unspecified atom stereocenters. The fourth-order valence-corrected chi connectivity index (χ4v) is 0.970. The summed E-state index contributed by atoms with van der Waals surface area (Å²) < 4.78 is 0. The number of amides is 2. The number of carbonyl (C=O) groups is 2. The van der Waals surface area contributed by atoms with Gasteiger partial charge in [-0.1, -0.05) is 25.3 Å². The molecular weight excluding hydrogens is 247 g/mol. The van der Waals surface area contributed by atoms with Crippen molar-refractivity contribution >= 4 is 30.1 Å². The predicted octanol–water partition coefficient (Wildman–Crippen LogP) is -0.851. The summed E-state index contributed by atoms with van der Waals surface area (Å²) in [7, 11) is -1.53. The molecule has 0 spiro atoms. The van der Waals surface area contributed by atoms with Gasteiger partial charge in [0, 0.05) is 5.69 Å². The van der Waals surface area contributed by atoms with Crippen molar-refractivity contribution in [2.45, 2.75) is 0 Å². The molecule has 0 aliphatic heterocycles. The van der Waals surface area contributed by atoms with Crippen molar-refractivity contribution in [2.75, 3.05) is 5.32 Å². The standard InChI is InChI=1S/C9H10BNO3.C3H5NO/c1-2-9(12)11-8-5-3-4-7(6-8)10(13)14;1-2-3(4)5/h2-6,13-14H,1H2,(H,11,12);2H,1H2,(H2,4,5).